The number of amides is 1. The molecule has 6 nitrogen and oxygen atoms in total. The first-order valence-electron chi connectivity index (χ1n) is 9.07. The lowest BCUT2D eigenvalue weighted by Gasteiger charge is -2.09. The lowest BCUT2D eigenvalue weighted by molar-refractivity contribution is -0.121. The summed E-state index contributed by atoms with van der Waals surface area (Å²) >= 11 is 0. The Kier molecular flexibility index (Phi) is 7.38. The van der Waals surface area contributed by atoms with Crippen molar-refractivity contribution in [2.75, 3.05) is 13.2 Å². The van der Waals surface area contributed by atoms with Crippen LogP contribution in [0.1, 0.15) is 33.6 Å². The first-order chi connectivity index (χ1) is 12.5. The third-order valence-electron chi connectivity index (χ3n) is 3.81. The quantitative estimate of drug-likeness (QED) is 0.749. The van der Waals surface area contributed by atoms with E-state index in [1.165, 1.54) is 10.7 Å². The van der Waals surface area contributed by atoms with Gasteiger partial charge in [-0.05, 0) is 49.6 Å². The highest BCUT2D eigenvalue weighted by Crippen LogP contribution is 2.19. The van der Waals surface area contributed by atoms with Crippen molar-refractivity contribution in [1.82, 2.24) is 15.1 Å². The molecule has 26 heavy (non-hydrogen) atoms. The molecule has 1 aromatic heterocycles. The molecule has 0 aliphatic heterocycles. The highest BCUT2D eigenvalue weighted by Gasteiger charge is 2.06. The van der Waals surface area contributed by atoms with E-state index in [1.807, 2.05) is 31.2 Å². The Morgan fingerprint density at radius 3 is 2.58 bits per heavy atom. The average molecular weight is 357 g/mol. The van der Waals surface area contributed by atoms with Gasteiger partial charge in [-0.3, -0.25) is 9.59 Å². The van der Waals surface area contributed by atoms with Crippen molar-refractivity contribution in [1.29, 1.82) is 0 Å². The fraction of sp³-hybridized carbons (Fsp3) is 0.450. The van der Waals surface area contributed by atoms with E-state index >= 15 is 0 Å². The largest absolute Gasteiger partial charge is 0.494 e. The van der Waals surface area contributed by atoms with Crippen molar-refractivity contribution >= 4 is 5.91 Å². The van der Waals surface area contributed by atoms with Crippen molar-refractivity contribution in [2.45, 2.75) is 40.2 Å². The predicted octanol–water partition coefficient (Wildman–Crippen LogP) is 2.86. The summed E-state index contributed by atoms with van der Waals surface area (Å²) < 4.78 is 6.85. The fourth-order valence-electron chi connectivity index (χ4n) is 2.45. The molecule has 1 N–H and O–H groups in total. The summed E-state index contributed by atoms with van der Waals surface area (Å²) in [6, 6.07) is 10.8. The Bertz CT molecular complexity index is 767. The first-order valence-corrected chi connectivity index (χ1v) is 9.07. The molecule has 6 heteroatoms. The van der Waals surface area contributed by atoms with Crippen LogP contribution >= 0.6 is 0 Å². The van der Waals surface area contributed by atoms with E-state index in [4.69, 9.17) is 4.74 Å². The smallest absolute Gasteiger partial charge is 0.266 e. The number of rotatable bonds is 9. The summed E-state index contributed by atoms with van der Waals surface area (Å²) in [6.07, 6.45) is 0.956. The molecule has 0 saturated heterocycles. The van der Waals surface area contributed by atoms with Crippen molar-refractivity contribution in [3.05, 3.63) is 46.8 Å². The molecule has 0 atom stereocenters. The number of carbonyl (C=O) groups is 1. The van der Waals surface area contributed by atoms with E-state index in [2.05, 4.69) is 24.3 Å². The van der Waals surface area contributed by atoms with Gasteiger partial charge in [0.1, 0.15) is 5.75 Å². The summed E-state index contributed by atoms with van der Waals surface area (Å²) in [5.41, 5.74) is 1.47. The predicted molar refractivity (Wildman–Crippen MR) is 102 cm³/mol. The number of hydrogen-bond donors (Lipinski definition) is 1. The summed E-state index contributed by atoms with van der Waals surface area (Å²) in [5, 5.41) is 7.30. The third kappa shape index (κ3) is 6.02. The Balaban J connectivity index is 1.98. The average Bonchev–Trinajstić information content (AvgIpc) is 2.62. The monoisotopic (exact) mass is 357 g/mol. The van der Waals surface area contributed by atoms with Crippen LogP contribution < -0.4 is 15.6 Å². The molecule has 140 valence electrons. The van der Waals surface area contributed by atoms with Crippen LogP contribution in [0.3, 0.4) is 0 Å². The van der Waals surface area contributed by atoms with Crippen LogP contribution in [0, 0.1) is 5.92 Å². The second-order valence-corrected chi connectivity index (χ2v) is 6.54. The fourth-order valence-corrected chi connectivity index (χ4v) is 2.45. The molecule has 0 bridgehead atoms. The number of benzene rings is 1. The summed E-state index contributed by atoms with van der Waals surface area (Å²) in [5.74, 6) is 1.24. The van der Waals surface area contributed by atoms with Gasteiger partial charge in [-0.15, -0.1) is 0 Å². The minimum absolute atomic E-state index is 0.00872. The summed E-state index contributed by atoms with van der Waals surface area (Å²) in [4.78, 5) is 23.8. The van der Waals surface area contributed by atoms with E-state index in [0.717, 1.165) is 17.0 Å². The van der Waals surface area contributed by atoms with Crippen molar-refractivity contribution in [3.8, 4) is 17.0 Å². The van der Waals surface area contributed by atoms with Gasteiger partial charge in [0.2, 0.25) is 5.91 Å². The number of carbonyl (C=O) groups excluding carboxylic acids is 1. The van der Waals surface area contributed by atoms with Gasteiger partial charge < -0.3 is 10.1 Å². The Labute approximate surface area is 154 Å². The number of nitrogens with zero attached hydrogens (tertiary/aromatic N) is 2. The van der Waals surface area contributed by atoms with Gasteiger partial charge >= 0.3 is 0 Å². The van der Waals surface area contributed by atoms with Crippen LogP contribution in [0.25, 0.3) is 11.3 Å². The molecule has 1 aromatic carbocycles. The number of nitrogens with one attached hydrogen (secondary N) is 1. The van der Waals surface area contributed by atoms with E-state index in [9.17, 15) is 9.59 Å². The Morgan fingerprint density at radius 1 is 1.19 bits per heavy atom. The molecule has 0 saturated carbocycles. The van der Waals surface area contributed by atoms with Gasteiger partial charge in [-0.2, -0.15) is 5.10 Å². The summed E-state index contributed by atoms with van der Waals surface area (Å²) in [6.45, 7) is 7.75. The maximum absolute atomic E-state index is 12.0. The molecule has 0 fully saturated rings. The molecular formula is C20H27N3O3. The number of aromatic nitrogens is 2. The zero-order chi connectivity index (χ0) is 18.9. The van der Waals surface area contributed by atoms with Crippen LogP contribution in [-0.2, 0) is 11.3 Å². The van der Waals surface area contributed by atoms with Crippen LogP contribution in [0.4, 0.5) is 0 Å². The van der Waals surface area contributed by atoms with Crippen molar-refractivity contribution in [2.24, 2.45) is 5.92 Å². The van der Waals surface area contributed by atoms with Gasteiger partial charge in [0.05, 0.1) is 12.3 Å². The molecular weight excluding hydrogens is 330 g/mol. The van der Waals surface area contributed by atoms with Gasteiger partial charge in [0, 0.05) is 31.1 Å². The van der Waals surface area contributed by atoms with E-state index in [0.29, 0.717) is 38.5 Å². The van der Waals surface area contributed by atoms with E-state index < -0.39 is 0 Å². The molecule has 2 rings (SSSR count). The van der Waals surface area contributed by atoms with E-state index in [1.54, 1.807) is 6.07 Å². The highest BCUT2D eigenvalue weighted by atomic mass is 16.5. The van der Waals surface area contributed by atoms with Gasteiger partial charge in [0.15, 0.2) is 0 Å². The van der Waals surface area contributed by atoms with Gasteiger partial charge in [-0.25, -0.2) is 4.68 Å². The Morgan fingerprint density at radius 2 is 1.92 bits per heavy atom. The topological polar surface area (TPSA) is 73.2 Å². The molecule has 0 unspecified atom stereocenters. The molecule has 2 aromatic rings. The Hall–Kier alpha value is -2.63. The van der Waals surface area contributed by atoms with Crippen LogP contribution in [0.2, 0.25) is 0 Å². The lowest BCUT2D eigenvalue weighted by atomic mass is 10.1. The number of aryl methyl sites for hydroxylation is 1. The molecule has 0 spiro atoms. The number of hydrogen-bond acceptors (Lipinski definition) is 4. The van der Waals surface area contributed by atoms with Gasteiger partial charge in [0.25, 0.3) is 5.56 Å². The second-order valence-electron chi connectivity index (χ2n) is 6.54. The first kappa shape index (κ1) is 19.7. The molecule has 1 amide bonds. The minimum atomic E-state index is -0.165. The standard InChI is InChI=1S/C20H27N3O3/c1-4-26-17-9-7-16(8-10-17)18-11-12-20(25)23(22-18)13-5-6-19(24)21-14-15(2)3/h7-12,15H,4-6,13-14H2,1-3H3,(H,21,24). The SMILES string of the molecule is CCOc1ccc(-c2ccc(=O)n(CCCC(=O)NCC(C)C)n2)cc1. The maximum Gasteiger partial charge on any atom is 0.266 e. The summed E-state index contributed by atoms with van der Waals surface area (Å²) in [7, 11) is 0. The zero-order valence-corrected chi connectivity index (χ0v) is 15.7. The second kappa shape index (κ2) is 9.75. The zero-order valence-electron chi connectivity index (χ0n) is 15.7. The highest BCUT2D eigenvalue weighted by molar-refractivity contribution is 5.75. The minimum Gasteiger partial charge on any atom is -0.494 e. The lowest BCUT2D eigenvalue weighted by Crippen LogP contribution is -2.28. The van der Waals surface area contributed by atoms with Crippen molar-refractivity contribution in [3.63, 3.8) is 0 Å². The van der Waals surface area contributed by atoms with Crippen LogP contribution in [0.15, 0.2) is 41.2 Å². The molecule has 0 aliphatic rings. The van der Waals surface area contributed by atoms with Gasteiger partial charge in [-0.1, -0.05) is 13.8 Å². The maximum atomic E-state index is 12.0. The molecule has 1 heterocycles. The number of ether oxygens (including phenoxy) is 1. The van der Waals surface area contributed by atoms with Crippen LogP contribution in [0.5, 0.6) is 5.75 Å². The van der Waals surface area contributed by atoms with Crippen LogP contribution in [-0.4, -0.2) is 28.8 Å². The van der Waals surface area contributed by atoms with E-state index in [-0.39, 0.29) is 11.5 Å². The van der Waals surface area contributed by atoms with Crippen molar-refractivity contribution < 1.29 is 9.53 Å². The molecule has 0 aliphatic carbocycles. The molecule has 0 radical (unpaired) electrons. The normalized spacial score (nSPS) is 10.8. The third-order valence-corrected chi connectivity index (χ3v) is 3.81.